The number of alkyl halides is 3. The van der Waals surface area contributed by atoms with Crippen LogP contribution in [0.15, 0.2) is 24.7 Å². The summed E-state index contributed by atoms with van der Waals surface area (Å²) in [4.78, 5) is 21.6. The summed E-state index contributed by atoms with van der Waals surface area (Å²) in [5.41, 5.74) is -0.543. The first kappa shape index (κ1) is 16.7. The molecule has 0 aromatic carbocycles. The van der Waals surface area contributed by atoms with Crippen LogP contribution in [-0.4, -0.2) is 42.4 Å². The highest BCUT2D eigenvalue weighted by Gasteiger charge is 2.33. The molecule has 0 fully saturated rings. The zero-order valence-corrected chi connectivity index (χ0v) is 12.7. The van der Waals surface area contributed by atoms with Crippen molar-refractivity contribution in [2.75, 3.05) is 11.9 Å². The summed E-state index contributed by atoms with van der Waals surface area (Å²) in [5.74, 6) is -0.659. The van der Waals surface area contributed by atoms with Crippen LogP contribution in [0, 0.1) is 0 Å². The van der Waals surface area contributed by atoms with Crippen LogP contribution in [0.1, 0.15) is 22.6 Å². The predicted octanol–water partition coefficient (Wildman–Crippen LogP) is 2.37. The van der Waals surface area contributed by atoms with Gasteiger partial charge in [0.25, 0.3) is 0 Å². The molecule has 132 valence electrons. The third-order valence-electron chi connectivity index (χ3n) is 3.44. The van der Waals surface area contributed by atoms with E-state index >= 15 is 0 Å². The average Bonchev–Trinajstić information content (AvgIpc) is 3.18. The second-order valence-corrected chi connectivity index (χ2v) is 5.21. The lowest BCUT2D eigenvalue weighted by atomic mass is 10.3. The number of aryl methyl sites for hydroxylation is 1. The minimum absolute atomic E-state index is 0.00484. The monoisotopic (exact) mass is 354 g/mol. The Balaban J connectivity index is 1.60. The number of aromatic amines is 1. The van der Waals surface area contributed by atoms with Crippen molar-refractivity contribution < 1.29 is 23.1 Å². The van der Waals surface area contributed by atoms with E-state index in [1.165, 1.54) is 23.3 Å². The van der Waals surface area contributed by atoms with E-state index in [2.05, 4.69) is 25.4 Å². The molecule has 0 atom stereocenters. The molecule has 25 heavy (non-hydrogen) atoms. The Hall–Kier alpha value is -3.11. The molecule has 3 aromatic rings. The number of fused-ring (bicyclic) bond motifs is 1. The van der Waals surface area contributed by atoms with E-state index in [1.54, 1.807) is 0 Å². The lowest BCUT2D eigenvalue weighted by Crippen LogP contribution is -2.10. The maximum atomic E-state index is 12.5. The number of aromatic nitrogens is 5. The van der Waals surface area contributed by atoms with Crippen molar-refractivity contribution in [1.82, 2.24) is 24.7 Å². The number of halogens is 3. The van der Waals surface area contributed by atoms with Gasteiger partial charge in [0.15, 0.2) is 5.69 Å². The van der Waals surface area contributed by atoms with Crippen molar-refractivity contribution in [3.05, 3.63) is 36.0 Å². The Bertz CT molecular complexity index is 901. The minimum atomic E-state index is -4.45. The molecule has 0 saturated heterocycles. The molecule has 0 saturated carbocycles. The first-order valence-electron chi connectivity index (χ1n) is 7.26. The summed E-state index contributed by atoms with van der Waals surface area (Å²) in [5, 5.41) is 16.0. The molecule has 0 spiro atoms. The van der Waals surface area contributed by atoms with E-state index in [-0.39, 0.29) is 5.69 Å². The van der Waals surface area contributed by atoms with Crippen molar-refractivity contribution in [1.29, 1.82) is 0 Å². The van der Waals surface area contributed by atoms with Gasteiger partial charge >= 0.3 is 12.1 Å². The molecular formula is C14H13F3N6O2. The number of nitrogens with one attached hydrogen (secondary N) is 2. The molecule has 8 nitrogen and oxygen atoms in total. The first-order chi connectivity index (χ1) is 11.8. The molecule has 3 rings (SSSR count). The molecule has 0 radical (unpaired) electrons. The van der Waals surface area contributed by atoms with Gasteiger partial charge in [0.05, 0.1) is 5.39 Å². The fourth-order valence-electron chi connectivity index (χ4n) is 2.28. The zero-order chi connectivity index (χ0) is 18.0. The Morgan fingerprint density at radius 1 is 1.36 bits per heavy atom. The fraction of sp³-hybridized carbons (Fsp3) is 0.286. The minimum Gasteiger partial charge on any atom is -0.477 e. The summed E-state index contributed by atoms with van der Waals surface area (Å²) in [7, 11) is 0. The summed E-state index contributed by atoms with van der Waals surface area (Å²) < 4.78 is 38.6. The van der Waals surface area contributed by atoms with Crippen molar-refractivity contribution in [2.24, 2.45) is 0 Å². The summed E-state index contributed by atoms with van der Waals surface area (Å²) >= 11 is 0. The maximum absolute atomic E-state index is 12.5. The molecule has 0 unspecified atom stereocenters. The second kappa shape index (κ2) is 6.42. The Kier molecular flexibility index (Phi) is 4.30. The van der Waals surface area contributed by atoms with Crippen LogP contribution in [0.2, 0.25) is 0 Å². The highest BCUT2D eigenvalue weighted by atomic mass is 19.4. The van der Waals surface area contributed by atoms with E-state index < -0.39 is 17.8 Å². The van der Waals surface area contributed by atoms with E-state index in [4.69, 9.17) is 5.11 Å². The van der Waals surface area contributed by atoms with Crippen LogP contribution in [0.25, 0.3) is 11.0 Å². The molecule has 0 aliphatic rings. The SMILES string of the molecule is O=C(O)c1cc2c(NCCCn3ccc(C(F)(F)F)n3)ncnc2[nH]1. The number of rotatable bonds is 6. The summed E-state index contributed by atoms with van der Waals surface area (Å²) in [6, 6.07) is 2.34. The van der Waals surface area contributed by atoms with E-state index in [1.807, 2.05) is 0 Å². The number of anilines is 1. The highest BCUT2D eigenvalue weighted by Crippen LogP contribution is 2.27. The Morgan fingerprint density at radius 2 is 2.16 bits per heavy atom. The van der Waals surface area contributed by atoms with Crippen LogP contribution < -0.4 is 5.32 Å². The Morgan fingerprint density at radius 3 is 2.84 bits per heavy atom. The number of carboxylic acids is 1. The number of hydrogen-bond acceptors (Lipinski definition) is 5. The van der Waals surface area contributed by atoms with E-state index in [9.17, 15) is 18.0 Å². The van der Waals surface area contributed by atoms with Crippen LogP contribution >= 0.6 is 0 Å². The quantitative estimate of drug-likeness (QED) is 0.587. The van der Waals surface area contributed by atoms with Gasteiger partial charge < -0.3 is 15.4 Å². The molecule has 0 bridgehead atoms. The van der Waals surface area contributed by atoms with Gasteiger partial charge in [0, 0.05) is 19.3 Å². The summed E-state index contributed by atoms with van der Waals surface area (Å²) in [6.45, 7) is 0.714. The average molecular weight is 354 g/mol. The third-order valence-corrected chi connectivity index (χ3v) is 3.44. The van der Waals surface area contributed by atoms with E-state index in [0.29, 0.717) is 36.4 Å². The van der Waals surface area contributed by atoms with Crippen molar-refractivity contribution in [3.63, 3.8) is 0 Å². The van der Waals surface area contributed by atoms with Crippen molar-refractivity contribution in [2.45, 2.75) is 19.1 Å². The van der Waals surface area contributed by atoms with Gasteiger partial charge in [0.2, 0.25) is 0 Å². The van der Waals surface area contributed by atoms with Crippen molar-refractivity contribution in [3.8, 4) is 0 Å². The van der Waals surface area contributed by atoms with Gasteiger partial charge in [-0.15, -0.1) is 0 Å². The predicted molar refractivity (Wildman–Crippen MR) is 81.2 cm³/mol. The zero-order valence-electron chi connectivity index (χ0n) is 12.7. The number of aromatic carboxylic acids is 1. The first-order valence-corrected chi connectivity index (χ1v) is 7.26. The van der Waals surface area contributed by atoms with Crippen LogP contribution in [0.5, 0.6) is 0 Å². The maximum Gasteiger partial charge on any atom is 0.435 e. The number of nitrogens with zero attached hydrogens (tertiary/aromatic N) is 4. The normalized spacial score (nSPS) is 11.8. The van der Waals surface area contributed by atoms with Gasteiger partial charge in [-0.2, -0.15) is 18.3 Å². The van der Waals surface area contributed by atoms with Crippen LogP contribution in [0.4, 0.5) is 19.0 Å². The molecule has 0 amide bonds. The Labute approximate surface area is 138 Å². The van der Waals surface area contributed by atoms with Gasteiger partial charge in [-0.1, -0.05) is 0 Å². The van der Waals surface area contributed by atoms with Crippen molar-refractivity contribution >= 4 is 22.8 Å². The molecule has 0 aliphatic heterocycles. The van der Waals surface area contributed by atoms with Gasteiger partial charge in [-0.05, 0) is 18.6 Å². The van der Waals surface area contributed by atoms with Gasteiger partial charge in [0.1, 0.15) is 23.5 Å². The molecular weight excluding hydrogens is 341 g/mol. The molecule has 3 heterocycles. The second-order valence-electron chi connectivity index (χ2n) is 5.21. The third kappa shape index (κ3) is 3.70. The van der Waals surface area contributed by atoms with Crippen LogP contribution in [0.3, 0.4) is 0 Å². The van der Waals surface area contributed by atoms with Gasteiger partial charge in [-0.25, -0.2) is 14.8 Å². The van der Waals surface area contributed by atoms with Gasteiger partial charge in [-0.3, -0.25) is 4.68 Å². The number of hydrogen-bond donors (Lipinski definition) is 3. The standard InChI is InChI=1S/C14H13F3N6O2/c15-14(16,17)10-2-5-23(22-10)4-1-3-18-11-8-6-9(13(24)25)21-12(8)20-7-19-11/h2,5-7H,1,3-4H2,(H,24,25)(H2,18,19,20,21). The van der Waals surface area contributed by atoms with E-state index in [0.717, 1.165) is 6.07 Å². The largest absolute Gasteiger partial charge is 0.477 e. The van der Waals surface area contributed by atoms with Crippen LogP contribution in [-0.2, 0) is 12.7 Å². The lowest BCUT2D eigenvalue weighted by molar-refractivity contribution is -0.141. The number of H-pyrrole nitrogens is 1. The molecule has 11 heteroatoms. The molecule has 3 aromatic heterocycles. The highest BCUT2D eigenvalue weighted by molar-refractivity contribution is 5.96. The molecule has 3 N–H and O–H groups in total. The smallest absolute Gasteiger partial charge is 0.435 e. The number of carboxylic acid groups (broad SMARTS) is 1. The molecule has 0 aliphatic carbocycles. The lowest BCUT2D eigenvalue weighted by Gasteiger charge is -2.06. The number of carbonyl (C=O) groups is 1. The summed E-state index contributed by atoms with van der Waals surface area (Å²) in [6.07, 6.45) is -1.39. The topological polar surface area (TPSA) is 109 Å². The fourth-order valence-corrected chi connectivity index (χ4v) is 2.28.